The normalized spacial score (nSPS) is 19.2. The van der Waals surface area contributed by atoms with Crippen molar-refractivity contribution in [1.29, 1.82) is 0 Å². The van der Waals surface area contributed by atoms with Gasteiger partial charge in [-0.25, -0.2) is 4.68 Å². The van der Waals surface area contributed by atoms with Crippen molar-refractivity contribution in [2.75, 3.05) is 7.05 Å². The van der Waals surface area contributed by atoms with Gasteiger partial charge in [0.2, 0.25) is 0 Å². The van der Waals surface area contributed by atoms with Gasteiger partial charge in [-0.05, 0) is 73.4 Å². The maximum absolute atomic E-state index is 13.2. The lowest BCUT2D eigenvalue weighted by atomic mass is 9.94. The number of nitrogens with two attached hydrogens (primary N) is 1. The number of nitrogens with zero attached hydrogens (tertiary/aromatic N) is 3. The van der Waals surface area contributed by atoms with Gasteiger partial charge in [-0.15, -0.1) is 5.10 Å². The van der Waals surface area contributed by atoms with E-state index in [9.17, 15) is 9.90 Å². The molecule has 1 heterocycles. The second-order valence-electron chi connectivity index (χ2n) is 8.35. The Kier molecular flexibility index (Phi) is 5.78. The SMILES string of the molecule is CN/C=C(\N)c1ccc(Cc2cc3c(=O)n([C@H]4CCC[C@@H]4O)nnc3c(C)c2C)cc1. The molecule has 1 aliphatic carbocycles. The summed E-state index contributed by atoms with van der Waals surface area (Å²) < 4.78 is 1.38. The molecule has 2 aromatic carbocycles. The Balaban J connectivity index is 1.72. The number of aromatic nitrogens is 3. The van der Waals surface area contributed by atoms with Crippen LogP contribution in [-0.4, -0.2) is 33.3 Å². The van der Waals surface area contributed by atoms with Crippen molar-refractivity contribution in [3.63, 3.8) is 0 Å². The molecule has 31 heavy (non-hydrogen) atoms. The molecule has 0 aliphatic heterocycles. The smallest absolute Gasteiger partial charge is 0.277 e. The van der Waals surface area contributed by atoms with Crippen LogP contribution in [0.2, 0.25) is 0 Å². The Bertz CT molecular complexity index is 1200. The van der Waals surface area contributed by atoms with E-state index in [1.165, 1.54) is 4.68 Å². The molecule has 4 rings (SSSR count). The average molecular weight is 420 g/mol. The molecule has 3 aromatic rings. The van der Waals surface area contributed by atoms with Gasteiger partial charge in [-0.2, -0.15) is 0 Å². The van der Waals surface area contributed by atoms with E-state index >= 15 is 0 Å². The summed E-state index contributed by atoms with van der Waals surface area (Å²) in [5, 5.41) is 22.3. The van der Waals surface area contributed by atoms with Crippen LogP contribution in [0.15, 0.2) is 41.3 Å². The number of aliphatic hydroxyl groups excluding tert-OH is 1. The highest BCUT2D eigenvalue weighted by Crippen LogP contribution is 2.29. The summed E-state index contributed by atoms with van der Waals surface area (Å²) >= 11 is 0. The van der Waals surface area contributed by atoms with E-state index in [1.807, 2.05) is 32.2 Å². The summed E-state index contributed by atoms with van der Waals surface area (Å²) in [7, 11) is 1.82. The lowest BCUT2D eigenvalue weighted by Crippen LogP contribution is -2.32. The van der Waals surface area contributed by atoms with Gasteiger partial charge in [0, 0.05) is 13.2 Å². The molecule has 1 fully saturated rings. The van der Waals surface area contributed by atoms with Crippen molar-refractivity contribution >= 4 is 16.6 Å². The lowest BCUT2D eigenvalue weighted by Gasteiger charge is -2.17. The van der Waals surface area contributed by atoms with E-state index in [4.69, 9.17) is 5.73 Å². The van der Waals surface area contributed by atoms with Gasteiger partial charge in [-0.1, -0.05) is 29.5 Å². The number of aliphatic hydroxyl groups is 1. The van der Waals surface area contributed by atoms with Crippen molar-refractivity contribution in [2.24, 2.45) is 5.73 Å². The molecule has 7 nitrogen and oxygen atoms in total. The summed E-state index contributed by atoms with van der Waals surface area (Å²) in [5.74, 6) is 0. The second kappa shape index (κ2) is 8.51. The third kappa shape index (κ3) is 3.93. The van der Waals surface area contributed by atoms with Crippen molar-refractivity contribution in [2.45, 2.75) is 51.7 Å². The third-order valence-electron chi connectivity index (χ3n) is 6.39. The maximum Gasteiger partial charge on any atom is 0.277 e. The minimum absolute atomic E-state index is 0.180. The van der Waals surface area contributed by atoms with Crippen molar-refractivity contribution in [3.8, 4) is 0 Å². The fourth-order valence-corrected chi connectivity index (χ4v) is 4.40. The number of hydrogen-bond acceptors (Lipinski definition) is 6. The molecule has 0 spiro atoms. The molecular weight excluding hydrogens is 390 g/mol. The topological polar surface area (TPSA) is 106 Å². The zero-order valence-corrected chi connectivity index (χ0v) is 18.2. The number of rotatable bonds is 5. The minimum Gasteiger partial charge on any atom is -0.397 e. The van der Waals surface area contributed by atoms with Crippen molar-refractivity contribution < 1.29 is 5.11 Å². The summed E-state index contributed by atoms with van der Waals surface area (Å²) in [5.41, 5.74) is 12.4. The Labute approximate surface area is 181 Å². The molecule has 2 atom stereocenters. The fourth-order valence-electron chi connectivity index (χ4n) is 4.40. The number of hydrogen-bond donors (Lipinski definition) is 3. The molecule has 4 N–H and O–H groups in total. The molecule has 0 unspecified atom stereocenters. The minimum atomic E-state index is -0.543. The van der Waals surface area contributed by atoms with Gasteiger partial charge < -0.3 is 16.2 Å². The van der Waals surface area contributed by atoms with Crippen LogP contribution >= 0.6 is 0 Å². The maximum atomic E-state index is 13.2. The summed E-state index contributed by atoms with van der Waals surface area (Å²) in [4.78, 5) is 13.2. The molecule has 0 bridgehead atoms. The van der Waals surface area contributed by atoms with Gasteiger partial charge in [0.1, 0.15) is 5.52 Å². The number of benzene rings is 2. The molecule has 0 saturated heterocycles. The molecule has 1 aromatic heterocycles. The van der Waals surface area contributed by atoms with Gasteiger partial charge in [0.05, 0.1) is 23.2 Å². The fraction of sp³-hybridized carbons (Fsp3) is 0.375. The first kappa shape index (κ1) is 21.1. The summed E-state index contributed by atoms with van der Waals surface area (Å²) in [6, 6.07) is 9.77. The van der Waals surface area contributed by atoms with Gasteiger partial charge in [0.25, 0.3) is 5.56 Å². The second-order valence-corrected chi connectivity index (χ2v) is 8.35. The highest BCUT2D eigenvalue weighted by atomic mass is 16.3. The summed E-state index contributed by atoms with van der Waals surface area (Å²) in [6.07, 6.45) is 4.25. The van der Waals surface area contributed by atoms with Crippen molar-refractivity contribution in [3.05, 3.63) is 74.7 Å². The standard InChI is InChI=1S/C24H29N5O2/c1-14-15(2)23-19(24(31)29(28-27-23)21-5-4-6-22(21)30)12-18(14)11-16-7-9-17(10-8-16)20(25)13-26-3/h7-10,12-13,21-22,26,30H,4-6,11,25H2,1-3H3/b20-13-/t21-,22-/m0/s1. The van der Waals surface area contributed by atoms with E-state index in [-0.39, 0.29) is 11.6 Å². The van der Waals surface area contributed by atoms with Crippen LogP contribution in [0.3, 0.4) is 0 Å². The molecule has 162 valence electrons. The third-order valence-corrected chi connectivity index (χ3v) is 6.39. The highest BCUT2D eigenvalue weighted by Gasteiger charge is 2.29. The van der Waals surface area contributed by atoms with Gasteiger partial charge in [0.15, 0.2) is 0 Å². The van der Waals surface area contributed by atoms with Crippen LogP contribution in [0.1, 0.15) is 53.1 Å². The molecule has 1 saturated carbocycles. The first-order chi connectivity index (χ1) is 14.9. The van der Waals surface area contributed by atoms with Gasteiger partial charge in [-0.3, -0.25) is 4.79 Å². The van der Waals surface area contributed by atoms with Crippen LogP contribution in [0.5, 0.6) is 0 Å². The monoisotopic (exact) mass is 419 g/mol. The van der Waals surface area contributed by atoms with E-state index in [0.717, 1.165) is 40.7 Å². The average Bonchev–Trinajstić information content (AvgIpc) is 3.19. The molecule has 1 aliphatic rings. The largest absolute Gasteiger partial charge is 0.397 e. The Morgan fingerprint density at radius 2 is 2.00 bits per heavy atom. The zero-order chi connectivity index (χ0) is 22.1. The number of nitrogens with one attached hydrogen (secondary N) is 1. The first-order valence-corrected chi connectivity index (χ1v) is 10.7. The predicted octanol–water partition coefficient (Wildman–Crippen LogP) is 2.56. The van der Waals surface area contributed by atoms with Crippen LogP contribution in [0.25, 0.3) is 16.6 Å². The molecule has 0 radical (unpaired) electrons. The molecule has 0 amide bonds. The molecule has 7 heteroatoms. The van der Waals surface area contributed by atoms with E-state index in [0.29, 0.717) is 29.4 Å². The van der Waals surface area contributed by atoms with Crippen LogP contribution < -0.4 is 16.6 Å². The lowest BCUT2D eigenvalue weighted by molar-refractivity contribution is 0.126. The quantitative estimate of drug-likeness (QED) is 0.587. The van der Waals surface area contributed by atoms with E-state index < -0.39 is 6.10 Å². The Morgan fingerprint density at radius 1 is 1.26 bits per heavy atom. The van der Waals surface area contributed by atoms with Crippen LogP contribution in [-0.2, 0) is 6.42 Å². The first-order valence-electron chi connectivity index (χ1n) is 10.7. The number of aryl methyl sites for hydroxylation is 1. The Morgan fingerprint density at radius 3 is 2.65 bits per heavy atom. The summed E-state index contributed by atoms with van der Waals surface area (Å²) in [6.45, 7) is 4.04. The number of fused-ring (bicyclic) bond motifs is 1. The van der Waals surface area contributed by atoms with E-state index in [1.54, 1.807) is 6.20 Å². The Hall–Kier alpha value is -3.19. The zero-order valence-electron chi connectivity index (χ0n) is 18.2. The van der Waals surface area contributed by atoms with Crippen LogP contribution in [0, 0.1) is 13.8 Å². The van der Waals surface area contributed by atoms with E-state index in [2.05, 4.69) is 34.7 Å². The highest BCUT2D eigenvalue weighted by molar-refractivity contribution is 5.82. The van der Waals surface area contributed by atoms with Gasteiger partial charge >= 0.3 is 0 Å². The van der Waals surface area contributed by atoms with Crippen LogP contribution in [0.4, 0.5) is 0 Å². The molecular formula is C24H29N5O2. The predicted molar refractivity (Wildman–Crippen MR) is 123 cm³/mol. The van der Waals surface area contributed by atoms with Crippen molar-refractivity contribution in [1.82, 2.24) is 20.3 Å².